The molecule has 10 unspecified atom stereocenters. The van der Waals surface area contributed by atoms with Crippen molar-refractivity contribution in [1.82, 2.24) is 0 Å². The van der Waals surface area contributed by atoms with Gasteiger partial charge in [-0.1, -0.05) is 20.8 Å². The van der Waals surface area contributed by atoms with E-state index in [1.54, 1.807) is 0 Å². The van der Waals surface area contributed by atoms with Gasteiger partial charge in [0.05, 0.1) is 0 Å². The molecule has 4 N–H and O–H groups in total. The van der Waals surface area contributed by atoms with Crippen LogP contribution in [0.25, 0.3) is 0 Å². The van der Waals surface area contributed by atoms with Crippen molar-refractivity contribution < 1.29 is 0 Å². The van der Waals surface area contributed by atoms with Crippen LogP contribution in [-0.2, 0) is 0 Å². The number of hydrogen-bond donors (Lipinski definition) is 2. The van der Waals surface area contributed by atoms with E-state index in [1.165, 1.54) is 70.6 Å². The molecule has 2 heteroatoms. The van der Waals surface area contributed by atoms with Crippen LogP contribution in [0.4, 0.5) is 0 Å². The van der Waals surface area contributed by atoms with Crippen LogP contribution in [0, 0.1) is 46.3 Å². The maximum absolute atomic E-state index is 6.37. The van der Waals surface area contributed by atoms with Crippen molar-refractivity contribution in [3.8, 4) is 0 Å². The van der Waals surface area contributed by atoms with E-state index in [0.29, 0.717) is 22.9 Å². The number of hydrogen-bond acceptors (Lipinski definition) is 2. The molecule has 0 aromatic rings. The van der Waals surface area contributed by atoms with E-state index in [1.807, 2.05) is 0 Å². The van der Waals surface area contributed by atoms with Crippen LogP contribution in [0.1, 0.15) is 98.3 Å². The molecule has 2 nitrogen and oxygen atoms in total. The summed E-state index contributed by atoms with van der Waals surface area (Å²) in [5, 5.41) is 0. The third-order valence-corrected chi connectivity index (χ3v) is 10.5. The zero-order valence-electron chi connectivity index (χ0n) is 18.6. The van der Waals surface area contributed by atoms with Crippen molar-refractivity contribution in [3.63, 3.8) is 0 Å². The number of nitrogens with two attached hydrogens (primary N) is 2. The van der Waals surface area contributed by atoms with Crippen molar-refractivity contribution in [1.29, 1.82) is 0 Å². The molecule has 0 heterocycles. The molecule has 27 heavy (non-hydrogen) atoms. The number of fused-ring (bicyclic) bond motifs is 5. The molecule has 4 rings (SSSR count). The van der Waals surface area contributed by atoms with E-state index in [9.17, 15) is 0 Å². The first kappa shape index (κ1) is 20.2. The lowest BCUT2D eigenvalue weighted by Gasteiger charge is -2.61. The highest BCUT2D eigenvalue weighted by atomic mass is 14.7. The van der Waals surface area contributed by atoms with Crippen LogP contribution in [-0.4, -0.2) is 12.1 Å². The minimum Gasteiger partial charge on any atom is -0.328 e. The Kier molecular flexibility index (Phi) is 5.47. The zero-order valence-corrected chi connectivity index (χ0v) is 18.6. The Morgan fingerprint density at radius 1 is 0.852 bits per heavy atom. The van der Waals surface area contributed by atoms with E-state index in [4.69, 9.17) is 11.5 Å². The van der Waals surface area contributed by atoms with Crippen molar-refractivity contribution in [2.75, 3.05) is 0 Å². The van der Waals surface area contributed by atoms with E-state index < -0.39 is 0 Å². The second-order valence-electron chi connectivity index (χ2n) is 12.0. The molecule has 0 aromatic carbocycles. The maximum atomic E-state index is 6.37. The molecule has 10 atom stereocenters. The fourth-order valence-corrected chi connectivity index (χ4v) is 8.99. The SMILES string of the molecule is CC(N)CCC(C)C1CCC2C3CCC4CC(N)CCC4(C)C3CCC12C. The first-order valence-corrected chi connectivity index (χ1v) is 12.3. The van der Waals surface area contributed by atoms with Crippen LogP contribution < -0.4 is 11.5 Å². The molecule has 0 saturated heterocycles. The van der Waals surface area contributed by atoms with Crippen molar-refractivity contribution in [3.05, 3.63) is 0 Å². The minimum absolute atomic E-state index is 0.362. The highest BCUT2D eigenvalue weighted by Gasteiger charge is 2.60. The lowest BCUT2D eigenvalue weighted by atomic mass is 9.44. The zero-order chi connectivity index (χ0) is 19.4. The maximum Gasteiger partial charge on any atom is 0.00418 e. The molecule has 4 saturated carbocycles. The van der Waals surface area contributed by atoms with Gasteiger partial charge in [0.2, 0.25) is 0 Å². The lowest BCUT2D eigenvalue weighted by Crippen LogP contribution is -2.54. The molecule has 0 radical (unpaired) electrons. The summed E-state index contributed by atoms with van der Waals surface area (Å²) in [5.74, 6) is 5.68. The molecule has 4 aliphatic rings. The Bertz CT molecular complexity index is 530. The average Bonchev–Trinajstić information content (AvgIpc) is 2.97. The van der Waals surface area contributed by atoms with Gasteiger partial charge in [0.1, 0.15) is 0 Å². The van der Waals surface area contributed by atoms with Crippen LogP contribution in [0.5, 0.6) is 0 Å². The van der Waals surface area contributed by atoms with Crippen molar-refractivity contribution >= 4 is 0 Å². The quantitative estimate of drug-likeness (QED) is 0.659. The van der Waals surface area contributed by atoms with E-state index in [2.05, 4.69) is 27.7 Å². The Labute approximate surface area is 168 Å². The molecule has 0 aliphatic heterocycles. The molecular formula is C25H46N2. The standard InChI is InChI=1S/C25H46N2/c1-16(5-6-17(2)26)21-9-10-22-20-8-7-18-15-19(27)11-13-24(18,3)23(20)12-14-25(21,22)4/h16-23H,5-15,26-27H2,1-4H3. The van der Waals surface area contributed by atoms with Gasteiger partial charge in [-0.2, -0.15) is 0 Å². The largest absolute Gasteiger partial charge is 0.328 e. The van der Waals surface area contributed by atoms with Gasteiger partial charge >= 0.3 is 0 Å². The Morgan fingerprint density at radius 3 is 2.30 bits per heavy atom. The second kappa shape index (κ2) is 7.31. The first-order valence-electron chi connectivity index (χ1n) is 12.3. The van der Waals surface area contributed by atoms with Gasteiger partial charge in [0.15, 0.2) is 0 Å². The van der Waals surface area contributed by atoms with Gasteiger partial charge < -0.3 is 11.5 Å². The summed E-state index contributed by atoms with van der Waals surface area (Å²) in [6.07, 6.45) is 15.4. The molecule has 4 fully saturated rings. The predicted molar refractivity (Wildman–Crippen MR) is 115 cm³/mol. The smallest absolute Gasteiger partial charge is 0.00418 e. The highest BCUT2D eigenvalue weighted by molar-refractivity contribution is 5.09. The van der Waals surface area contributed by atoms with Gasteiger partial charge in [-0.25, -0.2) is 0 Å². The van der Waals surface area contributed by atoms with E-state index in [-0.39, 0.29) is 0 Å². The van der Waals surface area contributed by atoms with Crippen LogP contribution in [0.15, 0.2) is 0 Å². The molecule has 156 valence electrons. The number of rotatable bonds is 4. The van der Waals surface area contributed by atoms with Crippen LogP contribution >= 0.6 is 0 Å². The molecule has 0 spiro atoms. The summed E-state index contributed by atoms with van der Waals surface area (Å²) in [6.45, 7) is 10.1. The average molecular weight is 375 g/mol. The third kappa shape index (κ3) is 3.31. The summed E-state index contributed by atoms with van der Waals surface area (Å²) >= 11 is 0. The fourth-order valence-electron chi connectivity index (χ4n) is 8.99. The summed E-state index contributed by atoms with van der Waals surface area (Å²) < 4.78 is 0. The van der Waals surface area contributed by atoms with Gasteiger partial charge in [0.25, 0.3) is 0 Å². The summed E-state index contributed by atoms with van der Waals surface area (Å²) in [5.41, 5.74) is 13.6. The van der Waals surface area contributed by atoms with Crippen LogP contribution in [0.2, 0.25) is 0 Å². The van der Waals surface area contributed by atoms with E-state index >= 15 is 0 Å². The monoisotopic (exact) mass is 374 g/mol. The normalized spacial score (nSPS) is 51.8. The van der Waals surface area contributed by atoms with Crippen LogP contribution in [0.3, 0.4) is 0 Å². The summed E-state index contributed by atoms with van der Waals surface area (Å²) in [6, 6.07) is 0.844. The Balaban J connectivity index is 1.50. The molecular weight excluding hydrogens is 328 g/mol. The van der Waals surface area contributed by atoms with Crippen molar-refractivity contribution in [2.45, 2.75) is 110 Å². The topological polar surface area (TPSA) is 52.0 Å². The summed E-state index contributed by atoms with van der Waals surface area (Å²) in [7, 11) is 0. The highest BCUT2D eigenvalue weighted by Crippen LogP contribution is 2.68. The van der Waals surface area contributed by atoms with Gasteiger partial charge in [-0.05, 0) is 124 Å². The predicted octanol–water partition coefficient (Wildman–Crippen LogP) is 5.74. The lowest BCUT2D eigenvalue weighted by molar-refractivity contribution is -0.116. The molecule has 0 amide bonds. The Morgan fingerprint density at radius 2 is 1.56 bits per heavy atom. The molecule has 0 bridgehead atoms. The second-order valence-corrected chi connectivity index (χ2v) is 12.0. The summed E-state index contributed by atoms with van der Waals surface area (Å²) in [4.78, 5) is 0. The van der Waals surface area contributed by atoms with Gasteiger partial charge in [-0.15, -0.1) is 0 Å². The minimum atomic E-state index is 0.362. The molecule has 4 aliphatic carbocycles. The fraction of sp³-hybridized carbons (Fsp3) is 1.00. The van der Waals surface area contributed by atoms with Gasteiger partial charge in [-0.3, -0.25) is 0 Å². The molecule has 0 aromatic heterocycles. The third-order valence-electron chi connectivity index (χ3n) is 10.5. The van der Waals surface area contributed by atoms with Crippen molar-refractivity contribution in [2.24, 2.45) is 57.8 Å². The van der Waals surface area contributed by atoms with E-state index in [0.717, 1.165) is 35.5 Å². The first-order chi connectivity index (χ1) is 12.8. The van der Waals surface area contributed by atoms with Gasteiger partial charge in [0, 0.05) is 12.1 Å². The Hall–Kier alpha value is -0.0800.